The van der Waals surface area contributed by atoms with Gasteiger partial charge in [0.25, 0.3) is 0 Å². The van der Waals surface area contributed by atoms with Gasteiger partial charge in [0.1, 0.15) is 0 Å². The third kappa shape index (κ3) is 3.14. The van der Waals surface area contributed by atoms with Gasteiger partial charge in [-0.3, -0.25) is 4.99 Å². The number of thioether (sulfide) groups is 1. The first kappa shape index (κ1) is 8.50. The van der Waals surface area contributed by atoms with Gasteiger partial charge >= 0.3 is 0 Å². The zero-order chi connectivity index (χ0) is 7.28. The second-order valence-corrected chi connectivity index (χ2v) is 2.55. The monoisotopic (exact) mass is 141 g/mol. The van der Waals surface area contributed by atoms with Crippen LogP contribution in [0.25, 0.3) is 0 Å². The molecule has 0 fully saturated rings. The van der Waals surface area contributed by atoms with Crippen molar-refractivity contribution in [1.29, 1.82) is 0 Å². The Labute approximate surface area is 60.6 Å². The lowest BCUT2D eigenvalue weighted by atomic mass is 10.4. The topological polar surface area (TPSA) is 12.4 Å². The predicted octanol–water partition coefficient (Wildman–Crippen LogP) is 2.47. The Kier molecular flexibility index (Phi) is 4.14. The smallest absolute Gasteiger partial charge is 0.0965 e. The number of hydrogen-bond donors (Lipinski definition) is 0. The van der Waals surface area contributed by atoms with Crippen LogP contribution >= 0.6 is 11.8 Å². The van der Waals surface area contributed by atoms with Crippen molar-refractivity contribution < 1.29 is 0 Å². The quantitative estimate of drug-likeness (QED) is 0.425. The normalized spacial score (nSPS) is 11.1. The summed E-state index contributed by atoms with van der Waals surface area (Å²) in [7, 11) is 1.75. The van der Waals surface area contributed by atoms with E-state index < -0.39 is 0 Å². The van der Waals surface area contributed by atoms with Gasteiger partial charge in [-0.15, -0.1) is 0 Å². The molecule has 0 radical (unpaired) electrons. The molecular formula is C7H11NS. The Bertz CT molecular complexity index is 147. The molecule has 0 saturated carbocycles. The molecule has 0 aromatic carbocycles. The van der Waals surface area contributed by atoms with E-state index in [4.69, 9.17) is 0 Å². The van der Waals surface area contributed by atoms with Gasteiger partial charge in [-0.1, -0.05) is 24.9 Å². The summed E-state index contributed by atoms with van der Waals surface area (Å²) in [6, 6.07) is 0. The maximum Gasteiger partial charge on any atom is 0.0965 e. The minimum Gasteiger partial charge on any atom is -0.281 e. The average molecular weight is 141 g/mol. The van der Waals surface area contributed by atoms with Gasteiger partial charge in [-0.05, 0) is 17.9 Å². The van der Waals surface area contributed by atoms with Gasteiger partial charge in [0.2, 0.25) is 0 Å². The fourth-order valence-corrected chi connectivity index (χ4v) is 0.888. The van der Waals surface area contributed by atoms with Crippen molar-refractivity contribution >= 4 is 16.8 Å². The Hall–Kier alpha value is -0.500. The summed E-state index contributed by atoms with van der Waals surface area (Å²) in [5.74, 6) is 0. The summed E-state index contributed by atoms with van der Waals surface area (Å²) in [6.07, 6.45) is 0. The third-order valence-electron chi connectivity index (χ3n) is 0.763. The molecule has 0 unspecified atom stereocenters. The Morgan fingerprint density at radius 1 is 1.67 bits per heavy atom. The molecule has 0 aliphatic rings. The van der Waals surface area contributed by atoms with Crippen molar-refractivity contribution in [3.8, 4) is 0 Å². The van der Waals surface area contributed by atoms with Gasteiger partial charge in [0.05, 0.1) is 5.04 Å². The molecule has 0 spiro atoms. The van der Waals surface area contributed by atoms with Crippen LogP contribution < -0.4 is 0 Å². The molecule has 0 rings (SSSR count). The average Bonchev–Trinajstić information content (AvgIpc) is 1.82. The van der Waals surface area contributed by atoms with Crippen LogP contribution in [0.2, 0.25) is 0 Å². The lowest BCUT2D eigenvalue weighted by Gasteiger charge is -1.97. The van der Waals surface area contributed by atoms with E-state index in [2.05, 4.69) is 18.2 Å². The first-order chi connectivity index (χ1) is 4.22. The van der Waals surface area contributed by atoms with Crippen LogP contribution in [0.15, 0.2) is 29.1 Å². The highest BCUT2D eigenvalue weighted by Crippen LogP contribution is 2.10. The summed E-state index contributed by atoms with van der Waals surface area (Å²) in [6.45, 7) is 9.25. The minimum atomic E-state index is 0.949. The molecule has 0 aromatic heterocycles. The van der Waals surface area contributed by atoms with E-state index in [1.165, 1.54) is 11.8 Å². The molecule has 0 aromatic rings. The highest BCUT2D eigenvalue weighted by molar-refractivity contribution is 8.16. The van der Waals surface area contributed by atoms with E-state index in [1.54, 1.807) is 12.5 Å². The second kappa shape index (κ2) is 4.39. The van der Waals surface area contributed by atoms with Gasteiger partial charge in [0.15, 0.2) is 0 Å². The Morgan fingerprint density at radius 3 is 2.33 bits per heavy atom. The molecule has 50 valence electrons. The Morgan fingerprint density at radius 2 is 2.22 bits per heavy atom. The molecule has 0 N–H and O–H groups in total. The first-order valence-electron chi connectivity index (χ1n) is 2.62. The van der Waals surface area contributed by atoms with Crippen molar-refractivity contribution in [3.05, 3.63) is 24.1 Å². The zero-order valence-corrected chi connectivity index (χ0v) is 6.66. The van der Waals surface area contributed by atoms with Crippen molar-refractivity contribution in [1.82, 2.24) is 0 Å². The van der Waals surface area contributed by atoms with Crippen molar-refractivity contribution in [3.63, 3.8) is 0 Å². The van der Waals surface area contributed by atoms with Crippen LogP contribution in [-0.4, -0.2) is 12.1 Å². The summed E-state index contributed by atoms with van der Waals surface area (Å²) in [4.78, 5) is 3.99. The molecule has 0 saturated heterocycles. The highest BCUT2D eigenvalue weighted by Gasteiger charge is 1.93. The molecule has 0 bridgehead atoms. The molecule has 1 nitrogen and oxygen atoms in total. The van der Waals surface area contributed by atoms with E-state index in [-0.39, 0.29) is 0 Å². The largest absolute Gasteiger partial charge is 0.281 e. The molecule has 0 heterocycles. The van der Waals surface area contributed by atoms with Crippen LogP contribution in [0.1, 0.15) is 6.92 Å². The number of hydrogen-bond acceptors (Lipinski definition) is 2. The summed E-state index contributed by atoms with van der Waals surface area (Å²) < 4.78 is 0. The summed E-state index contributed by atoms with van der Waals surface area (Å²) in [5, 5.41) is 2.70. The maximum absolute atomic E-state index is 3.99. The molecule has 0 aliphatic heterocycles. The fraction of sp³-hybridized carbons (Fsp3) is 0.286. The maximum atomic E-state index is 3.99. The fourth-order valence-electron chi connectivity index (χ4n) is 0.423. The predicted molar refractivity (Wildman–Crippen MR) is 46.0 cm³/mol. The number of rotatable bonds is 2. The number of nitrogens with zero attached hydrogens (tertiary/aromatic N) is 1. The van der Waals surface area contributed by atoms with E-state index in [0.29, 0.717) is 0 Å². The van der Waals surface area contributed by atoms with E-state index >= 15 is 0 Å². The van der Waals surface area contributed by atoms with Crippen LogP contribution in [0.3, 0.4) is 0 Å². The molecule has 0 aliphatic carbocycles. The molecule has 0 amide bonds. The van der Waals surface area contributed by atoms with Gasteiger partial charge < -0.3 is 0 Å². The highest BCUT2D eigenvalue weighted by atomic mass is 32.2. The SMILES string of the molecule is C=CSC(=NC)C(=C)C. The summed E-state index contributed by atoms with van der Waals surface area (Å²) in [5.41, 5.74) is 0.988. The van der Waals surface area contributed by atoms with E-state index in [9.17, 15) is 0 Å². The lowest BCUT2D eigenvalue weighted by Crippen LogP contribution is -1.89. The molecule has 0 atom stereocenters. The van der Waals surface area contributed by atoms with Gasteiger partial charge in [0, 0.05) is 7.05 Å². The van der Waals surface area contributed by atoms with Crippen molar-refractivity contribution in [2.45, 2.75) is 6.92 Å². The second-order valence-electron chi connectivity index (χ2n) is 1.59. The first-order valence-corrected chi connectivity index (χ1v) is 3.50. The zero-order valence-electron chi connectivity index (χ0n) is 5.85. The minimum absolute atomic E-state index is 0.949. The van der Waals surface area contributed by atoms with Crippen molar-refractivity contribution in [2.24, 2.45) is 4.99 Å². The molecular weight excluding hydrogens is 130 g/mol. The summed E-state index contributed by atoms with van der Waals surface area (Å²) >= 11 is 1.50. The van der Waals surface area contributed by atoms with Crippen LogP contribution in [-0.2, 0) is 0 Å². The van der Waals surface area contributed by atoms with Crippen LogP contribution in [0.5, 0.6) is 0 Å². The van der Waals surface area contributed by atoms with Crippen molar-refractivity contribution in [2.75, 3.05) is 7.05 Å². The lowest BCUT2D eigenvalue weighted by molar-refractivity contribution is 1.44. The third-order valence-corrected chi connectivity index (χ3v) is 1.68. The molecule has 9 heavy (non-hydrogen) atoms. The number of aliphatic imine (C=N–C) groups is 1. The van der Waals surface area contributed by atoms with E-state index in [1.807, 2.05) is 6.92 Å². The molecule has 2 heteroatoms. The van der Waals surface area contributed by atoms with Gasteiger partial charge in [-0.2, -0.15) is 0 Å². The van der Waals surface area contributed by atoms with Crippen LogP contribution in [0, 0.1) is 0 Å². The standard InChI is InChI=1S/C7H11NS/c1-5-9-7(8-4)6(2)3/h5H,1-2H2,3-4H3. The van der Waals surface area contributed by atoms with E-state index in [0.717, 1.165) is 10.6 Å². The van der Waals surface area contributed by atoms with Gasteiger partial charge in [-0.25, -0.2) is 0 Å². The Balaban J connectivity index is 4.00. The van der Waals surface area contributed by atoms with Crippen LogP contribution in [0.4, 0.5) is 0 Å².